The maximum absolute atomic E-state index is 13.7. The molecular weight excluding hydrogens is 416 g/mol. The van der Waals surface area contributed by atoms with Gasteiger partial charge in [-0.1, -0.05) is 0 Å². The lowest BCUT2D eigenvalue weighted by atomic mass is 10.1. The summed E-state index contributed by atoms with van der Waals surface area (Å²) < 4.78 is 57.6. The minimum absolute atomic E-state index is 0.0646. The van der Waals surface area contributed by atoms with Crippen molar-refractivity contribution in [2.45, 2.75) is 13.1 Å². The predicted octanol–water partition coefficient (Wildman–Crippen LogP) is 6.48. The van der Waals surface area contributed by atoms with Crippen molar-refractivity contribution in [3.05, 3.63) is 83.7 Å². The predicted molar refractivity (Wildman–Crippen MR) is 107 cm³/mol. The highest BCUT2D eigenvalue weighted by atomic mass is 19.4. The highest BCUT2D eigenvalue weighted by Crippen LogP contribution is 2.32. The van der Waals surface area contributed by atoms with Gasteiger partial charge < -0.3 is 15.4 Å². The fourth-order valence-electron chi connectivity index (χ4n) is 2.58. The number of anilines is 2. The second-order valence-corrected chi connectivity index (χ2v) is 6.48. The molecule has 0 aliphatic carbocycles. The second-order valence-electron chi connectivity index (χ2n) is 6.48. The lowest BCUT2D eigenvalue weighted by molar-refractivity contribution is -0.137. The standard InChI is InChI=1S/C22H16F4N2O3/c1-13(29)14-2-7-17(8-3-14)31-18-9-5-16(6-10-18)27-21(30)28-20-12-15(22(24,25)26)4-11-19(20)23/h2-12H,1H3,(H2,27,28,30). The molecule has 0 radical (unpaired) electrons. The van der Waals surface area contributed by atoms with E-state index in [9.17, 15) is 27.2 Å². The van der Waals surface area contributed by atoms with Crippen LogP contribution in [0.5, 0.6) is 11.5 Å². The minimum Gasteiger partial charge on any atom is -0.457 e. The zero-order valence-electron chi connectivity index (χ0n) is 16.1. The number of carbonyl (C=O) groups is 2. The molecule has 0 atom stereocenters. The number of rotatable bonds is 5. The molecule has 3 aromatic carbocycles. The molecule has 31 heavy (non-hydrogen) atoms. The van der Waals surface area contributed by atoms with Crippen molar-refractivity contribution in [3.8, 4) is 11.5 Å². The lowest BCUT2D eigenvalue weighted by Gasteiger charge is -2.12. The van der Waals surface area contributed by atoms with Crippen molar-refractivity contribution < 1.29 is 31.9 Å². The van der Waals surface area contributed by atoms with Crippen molar-refractivity contribution in [2.75, 3.05) is 10.6 Å². The average molecular weight is 432 g/mol. The molecule has 0 saturated carbocycles. The van der Waals surface area contributed by atoms with E-state index in [0.29, 0.717) is 40.9 Å². The third-order valence-electron chi connectivity index (χ3n) is 4.15. The van der Waals surface area contributed by atoms with Crippen LogP contribution < -0.4 is 15.4 Å². The average Bonchev–Trinajstić information content (AvgIpc) is 2.70. The van der Waals surface area contributed by atoms with Crippen LogP contribution in [0.25, 0.3) is 0 Å². The van der Waals surface area contributed by atoms with Crippen LogP contribution in [0.15, 0.2) is 66.7 Å². The number of benzene rings is 3. The van der Waals surface area contributed by atoms with Gasteiger partial charge in [-0.05, 0) is 73.7 Å². The number of alkyl halides is 3. The first-order valence-electron chi connectivity index (χ1n) is 8.95. The molecule has 0 aliphatic heterocycles. The van der Waals surface area contributed by atoms with Gasteiger partial charge in [-0.25, -0.2) is 9.18 Å². The summed E-state index contributed by atoms with van der Waals surface area (Å²) in [5.74, 6) is -0.109. The summed E-state index contributed by atoms with van der Waals surface area (Å²) in [6.45, 7) is 1.46. The fourth-order valence-corrected chi connectivity index (χ4v) is 2.58. The number of amides is 2. The fraction of sp³-hybridized carbons (Fsp3) is 0.0909. The monoisotopic (exact) mass is 432 g/mol. The molecule has 9 heteroatoms. The summed E-state index contributed by atoms with van der Waals surface area (Å²) in [6.07, 6.45) is -4.66. The number of urea groups is 1. The molecule has 0 fully saturated rings. The molecule has 0 saturated heterocycles. The zero-order chi connectivity index (χ0) is 22.6. The normalized spacial score (nSPS) is 11.0. The van der Waals surface area contributed by atoms with E-state index in [0.717, 1.165) is 0 Å². The van der Waals surface area contributed by atoms with Crippen LogP contribution in [-0.2, 0) is 6.18 Å². The number of hydrogen-bond donors (Lipinski definition) is 2. The molecular formula is C22H16F4N2O3. The number of ether oxygens (including phenoxy) is 1. The van der Waals surface area contributed by atoms with E-state index in [4.69, 9.17) is 4.74 Å². The van der Waals surface area contributed by atoms with Crippen LogP contribution in [0.3, 0.4) is 0 Å². The van der Waals surface area contributed by atoms with Gasteiger partial charge in [0.25, 0.3) is 0 Å². The molecule has 0 spiro atoms. The Balaban J connectivity index is 1.62. The molecule has 3 aromatic rings. The van der Waals surface area contributed by atoms with Gasteiger partial charge in [-0.2, -0.15) is 13.2 Å². The SMILES string of the molecule is CC(=O)c1ccc(Oc2ccc(NC(=O)Nc3cc(C(F)(F)F)ccc3F)cc2)cc1. The Kier molecular flexibility index (Phi) is 6.24. The Labute approximate surface area is 174 Å². The molecule has 0 aliphatic rings. The number of nitrogens with one attached hydrogen (secondary N) is 2. The van der Waals surface area contributed by atoms with Gasteiger partial charge in [0.15, 0.2) is 5.78 Å². The van der Waals surface area contributed by atoms with Gasteiger partial charge >= 0.3 is 12.2 Å². The lowest BCUT2D eigenvalue weighted by Crippen LogP contribution is -2.20. The minimum atomic E-state index is -4.66. The van der Waals surface area contributed by atoms with Gasteiger partial charge in [0.2, 0.25) is 0 Å². The van der Waals surface area contributed by atoms with E-state index in [1.807, 2.05) is 0 Å². The molecule has 2 N–H and O–H groups in total. The van der Waals surface area contributed by atoms with Crippen LogP contribution >= 0.6 is 0 Å². The Morgan fingerprint density at radius 2 is 1.42 bits per heavy atom. The Bertz CT molecular complexity index is 1100. The summed E-state index contributed by atoms with van der Waals surface area (Å²) in [5, 5.41) is 4.45. The number of carbonyl (C=O) groups excluding carboxylic acids is 2. The van der Waals surface area contributed by atoms with Gasteiger partial charge in [0.05, 0.1) is 11.3 Å². The summed E-state index contributed by atoms with van der Waals surface area (Å²) >= 11 is 0. The quantitative estimate of drug-likeness (QED) is 0.358. The van der Waals surface area contributed by atoms with E-state index < -0.39 is 29.3 Å². The summed E-state index contributed by atoms with van der Waals surface area (Å²) in [6, 6.07) is 13.5. The van der Waals surface area contributed by atoms with Gasteiger partial charge in [-0.3, -0.25) is 4.79 Å². The third-order valence-corrected chi connectivity index (χ3v) is 4.15. The topological polar surface area (TPSA) is 67.4 Å². The Morgan fingerprint density at radius 1 is 0.839 bits per heavy atom. The molecule has 3 rings (SSSR count). The zero-order valence-corrected chi connectivity index (χ0v) is 16.1. The first kappa shape index (κ1) is 21.8. The van der Waals surface area contributed by atoms with Crippen molar-refractivity contribution in [2.24, 2.45) is 0 Å². The largest absolute Gasteiger partial charge is 0.457 e. The van der Waals surface area contributed by atoms with Crippen molar-refractivity contribution >= 4 is 23.2 Å². The first-order valence-corrected chi connectivity index (χ1v) is 8.95. The number of ketones is 1. The van der Waals surface area contributed by atoms with E-state index in [-0.39, 0.29) is 5.78 Å². The summed E-state index contributed by atoms with van der Waals surface area (Å²) in [4.78, 5) is 23.3. The number of hydrogen-bond acceptors (Lipinski definition) is 3. The van der Waals surface area contributed by atoms with Crippen LogP contribution in [0.2, 0.25) is 0 Å². The molecule has 2 amide bonds. The van der Waals surface area contributed by atoms with Crippen molar-refractivity contribution in [3.63, 3.8) is 0 Å². The number of halogens is 4. The van der Waals surface area contributed by atoms with Gasteiger partial charge in [0.1, 0.15) is 17.3 Å². The van der Waals surface area contributed by atoms with Crippen molar-refractivity contribution in [1.29, 1.82) is 0 Å². The van der Waals surface area contributed by atoms with Crippen molar-refractivity contribution in [1.82, 2.24) is 0 Å². The van der Waals surface area contributed by atoms with Gasteiger partial charge in [0, 0.05) is 11.3 Å². The van der Waals surface area contributed by atoms with E-state index >= 15 is 0 Å². The highest BCUT2D eigenvalue weighted by Gasteiger charge is 2.31. The summed E-state index contributed by atoms with van der Waals surface area (Å²) in [7, 11) is 0. The maximum atomic E-state index is 13.7. The van der Waals surface area contributed by atoms with Crippen LogP contribution in [0, 0.1) is 5.82 Å². The maximum Gasteiger partial charge on any atom is 0.416 e. The highest BCUT2D eigenvalue weighted by molar-refractivity contribution is 5.99. The second kappa shape index (κ2) is 8.86. The molecule has 160 valence electrons. The van der Waals surface area contributed by atoms with E-state index in [2.05, 4.69) is 10.6 Å². The van der Waals surface area contributed by atoms with E-state index in [1.54, 1.807) is 36.4 Å². The first-order chi connectivity index (χ1) is 14.6. The summed E-state index contributed by atoms with van der Waals surface area (Å²) in [5.41, 5.74) is -0.817. The Morgan fingerprint density at radius 3 is 1.97 bits per heavy atom. The van der Waals surface area contributed by atoms with Crippen LogP contribution in [0.1, 0.15) is 22.8 Å². The van der Waals surface area contributed by atoms with Gasteiger partial charge in [-0.15, -0.1) is 0 Å². The number of Topliss-reactive ketones (excluding diaryl/α,β-unsaturated/α-hetero) is 1. The Hall–Kier alpha value is -3.88. The molecule has 0 aromatic heterocycles. The van der Waals surface area contributed by atoms with E-state index in [1.165, 1.54) is 19.1 Å². The molecule has 0 bridgehead atoms. The molecule has 0 heterocycles. The molecule has 5 nitrogen and oxygen atoms in total. The van der Waals surface area contributed by atoms with Crippen LogP contribution in [0.4, 0.5) is 33.7 Å². The smallest absolute Gasteiger partial charge is 0.416 e. The van der Waals surface area contributed by atoms with Crippen LogP contribution in [-0.4, -0.2) is 11.8 Å². The molecule has 0 unspecified atom stereocenters. The third kappa shape index (κ3) is 5.81.